The highest BCUT2D eigenvalue weighted by Crippen LogP contribution is 2.23. The third-order valence-corrected chi connectivity index (χ3v) is 2.66. The van der Waals surface area contributed by atoms with E-state index in [2.05, 4.69) is 5.10 Å². The predicted octanol–water partition coefficient (Wildman–Crippen LogP) is 0.695. The summed E-state index contributed by atoms with van der Waals surface area (Å²) in [5.74, 6) is 0.577. The smallest absolute Gasteiger partial charge is 0.121 e. The zero-order valence-electron chi connectivity index (χ0n) is 9.54. The highest BCUT2D eigenvalue weighted by atomic mass is 16.3. The number of nitrogens with zero attached hydrogens (tertiary/aromatic N) is 2. The zero-order valence-corrected chi connectivity index (χ0v) is 9.54. The Bertz CT molecular complexity index is 503. The Labute approximate surface area is 99.1 Å². The van der Waals surface area contributed by atoms with Crippen LogP contribution in [0.25, 0.3) is 11.3 Å². The minimum atomic E-state index is -0.865. The van der Waals surface area contributed by atoms with Crippen LogP contribution >= 0.6 is 0 Å². The second kappa shape index (κ2) is 4.57. The number of hydrogen-bond donors (Lipinski definition) is 3. The first-order chi connectivity index (χ1) is 8.11. The molecule has 0 saturated heterocycles. The van der Waals surface area contributed by atoms with Crippen LogP contribution in [0.2, 0.25) is 0 Å². The number of aryl methyl sites for hydroxylation is 1. The van der Waals surface area contributed by atoms with Crippen LogP contribution in [0, 0.1) is 0 Å². The van der Waals surface area contributed by atoms with E-state index in [9.17, 15) is 5.11 Å². The van der Waals surface area contributed by atoms with Crippen molar-refractivity contribution in [3.63, 3.8) is 0 Å². The van der Waals surface area contributed by atoms with Crippen molar-refractivity contribution in [3.05, 3.63) is 35.9 Å². The highest BCUT2D eigenvalue weighted by Gasteiger charge is 2.09. The molecule has 0 aliphatic heterocycles. The number of aromatic nitrogens is 2. The van der Waals surface area contributed by atoms with Gasteiger partial charge in [0.1, 0.15) is 11.9 Å². The molecule has 2 rings (SSSR count). The number of aliphatic hydroxyl groups is 2. The van der Waals surface area contributed by atoms with Crippen molar-refractivity contribution in [2.45, 2.75) is 6.10 Å². The van der Waals surface area contributed by atoms with Gasteiger partial charge in [-0.05, 0) is 11.6 Å². The number of anilines is 1. The topological polar surface area (TPSA) is 84.3 Å². The minimum Gasteiger partial charge on any atom is -0.393 e. The lowest BCUT2D eigenvalue weighted by Crippen LogP contribution is -2.02. The van der Waals surface area contributed by atoms with Gasteiger partial charge in [-0.2, -0.15) is 5.10 Å². The monoisotopic (exact) mass is 233 g/mol. The molecule has 0 fully saturated rings. The van der Waals surface area contributed by atoms with Crippen molar-refractivity contribution < 1.29 is 10.2 Å². The Balaban J connectivity index is 2.39. The van der Waals surface area contributed by atoms with E-state index in [-0.39, 0.29) is 6.61 Å². The maximum atomic E-state index is 9.56. The van der Waals surface area contributed by atoms with Gasteiger partial charge in [0, 0.05) is 18.7 Å². The van der Waals surface area contributed by atoms with Gasteiger partial charge >= 0.3 is 0 Å². The molecule has 0 saturated carbocycles. The fourth-order valence-electron chi connectivity index (χ4n) is 1.63. The molecule has 17 heavy (non-hydrogen) atoms. The summed E-state index contributed by atoms with van der Waals surface area (Å²) in [4.78, 5) is 0. The second-order valence-corrected chi connectivity index (χ2v) is 3.90. The van der Waals surface area contributed by atoms with Gasteiger partial charge < -0.3 is 15.9 Å². The molecule has 0 amide bonds. The average molecular weight is 233 g/mol. The molecule has 1 heterocycles. The normalized spacial score (nSPS) is 12.6. The van der Waals surface area contributed by atoms with E-state index in [0.29, 0.717) is 11.4 Å². The summed E-state index contributed by atoms with van der Waals surface area (Å²) in [7, 11) is 1.77. The Kier molecular flexibility index (Phi) is 3.12. The first-order valence-corrected chi connectivity index (χ1v) is 5.30. The minimum absolute atomic E-state index is 0.298. The molecule has 0 aliphatic rings. The fourth-order valence-corrected chi connectivity index (χ4v) is 1.63. The summed E-state index contributed by atoms with van der Waals surface area (Å²) in [5.41, 5.74) is 7.98. The summed E-state index contributed by atoms with van der Waals surface area (Å²) in [6, 6.07) is 9.02. The third-order valence-electron chi connectivity index (χ3n) is 2.66. The number of nitrogens with two attached hydrogens (primary N) is 1. The summed E-state index contributed by atoms with van der Waals surface area (Å²) in [5, 5.41) is 22.7. The third kappa shape index (κ3) is 2.30. The van der Waals surface area contributed by atoms with Gasteiger partial charge in [-0.3, -0.25) is 4.68 Å². The molecule has 0 aliphatic carbocycles. The number of nitrogen functional groups attached to an aromatic ring is 1. The van der Waals surface area contributed by atoms with Crippen LogP contribution < -0.4 is 5.73 Å². The summed E-state index contributed by atoms with van der Waals surface area (Å²) >= 11 is 0. The van der Waals surface area contributed by atoms with Gasteiger partial charge in [0.05, 0.1) is 12.3 Å². The maximum Gasteiger partial charge on any atom is 0.121 e. The highest BCUT2D eigenvalue weighted by molar-refractivity contribution is 5.63. The molecule has 1 aromatic heterocycles. The van der Waals surface area contributed by atoms with E-state index in [0.717, 1.165) is 11.3 Å². The van der Waals surface area contributed by atoms with Crippen LogP contribution in [0.5, 0.6) is 0 Å². The first kappa shape index (κ1) is 11.6. The van der Waals surface area contributed by atoms with Gasteiger partial charge in [0.15, 0.2) is 0 Å². The lowest BCUT2D eigenvalue weighted by atomic mass is 10.0. The van der Waals surface area contributed by atoms with E-state index >= 15 is 0 Å². The number of benzene rings is 1. The van der Waals surface area contributed by atoms with Crippen molar-refractivity contribution in [2.24, 2.45) is 7.05 Å². The molecular weight excluding hydrogens is 218 g/mol. The van der Waals surface area contributed by atoms with E-state index < -0.39 is 6.10 Å². The van der Waals surface area contributed by atoms with Crippen molar-refractivity contribution in [3.8, 4) is 11.3 Å². The predicted molar refractivity (Wildman–Crippen MR) is 65.1 cm³/mol. The summed E-state index contributed by atoms with van der Waals surface area (Å²) < 4.78 is 1.59. The molecule has 4 N–H and O–H groups in total. The molecule has 1 unspecified atom stereocenters. The lowest BCUT2D eigenvalue weighted by molar-refractivity contribution is 0.0956. The zero-order chi connectivity index (χ0) is 12.4. The quantitative estimate of drug-likeness (QED) is 0.728. The molecule has 5 nitrogen and oxygen atoms in total. The molecule has 0 spiro atoms. The second-order valence-electron chi connectivity index (χ2n) is 3.90. The molecule has 5 heteroatoms. The standard InChI is InChI=1S/C12H15N3O2/c1-15-12(13)6-10(14-15)8-3-2-4-9(5-8)11(17)7-16/h2-6,11,16-17H,7,13H2,1H3. The van der Waals surface area contributed by atoms with E-state index in [1.54, 1.807) is 29.9 Å². The number of hydrogen-bond acceptors (Lipinski definition) is 4. The Morgan fingerprint density at radius 1 is 1.41 bits per heavy atom. The molecule has 1 atom stereocenters. The maximum absolute atomic E-state index is 9.56. The van der Waals surface area contributed by atoms with Crippen LogP contribution in [0.1, 0.15) is 11.7 Å². The van der Waals surface area contributed by atoms with Crippen molar-refractivity contribution >= 4 is 5.82 Å². The Morgan fingerprint density at radius 3 is 2.76 bits per heavy atom. The van der Waals surface area contributed by atoms with Crippen LogP contribution in [0.4, 0.5) is 5.82 Å². The average Bonchev–Trinajstić information content (AvgIpc) is 2.69. The van der Waals surface area contributed by atoms with Crippen molar-refractivity contribution in [1.82, 2.24) is 9.78 Å². The van der Waals surface area contributed by atoms with Gasteiger partial charge in [-0.15, -0.1) is 0 Å². The lowest BCUT2D eigenvalue weighted by Gasteiger charge is -2.08. The van der Waals surface area contributed by atoms with E-state index in [1.165, 1.54) is 0 Å². The fraction of sp³-hybridized carbons (Fsp3) is 0.250. The molecule has 2 aromatic rings. The van der Waals surface area contributed by atoms with Gasteiger partial charge in [-0.1, -0.05) is 18.2 Å². The molecular formula is C12H15N3O2. The van der Waals surface area contributed by atoms with Gasteiger partial charge in [0.2, 0.25) is 0 Å². The van der Waals surface area contributed by atoms with Crippen molar-refractivity contribution in [1.29, 1.82) is 0 Å². The Morgan fingerprint density at radius 2 is 2.18 bits per heavy atom. The van der Waals surface area contributed by atoms with Gasteiger partial charge in [-0.25, -0.2) is 0 Å². The van der Waals surface area contributed by atoms with Crippen LogP contribution in [0.3, 0.4) is 0 Å². The van der Waals surface area contributed by atoms with Crippen LogP contribution in [-0.2, 0) is 7.05 Å². The first-order valence-electron chi connectivity index (χ1n) is 5.30. The molecule has 0 bridgehead atoms. The molecule has 0 radical (unpaired) electrons. The summed E-state index contributed by atoms with van der Waals surface area (Å²) in [6.45, 7) is -0.298. The molecule has 90 valence electrons. The number of rotatable bonds is 3. The Hall–Kier alpha value is -1.85. The van der Waals surface area contributed by atoms with Crippen LogP contribution in [-0.4, -0.2) is 26.6 Å². The molecule has 1 aromatic carbocycles. The van der Waals surface area contributed by atoms with Gasteiger partial charge in [0.25, 0.3) is 0 Å². The number of aliphatic hydroxyl groups excluding tert-OH is 2. The van der Waals surface area contributed by atoms with Crippen LogP contribution in [0.15, 0.2) is 30.3 Å². The van der Waals surface area contributed by atoms with Crippen molar-refractivity contribution in [2.75, 3.05) is 12.3 Å². The van der Waals surface area contributed by atoms with E-state index in [4.69, 9.17) is 10.8 Å². The SMILES string of the molecule is Cn1nc(-c2cccc(C(O)CO)c2)cc1N. The van der Waals surface area contributed by atoms with E-state index in [1.807, 2.05) is 12.1 Å². The summed E-state index contributed by atoms with van der Waals surface area (Å²) in [6.07, 6.45) is -0.865. The largest absolute Gasteiger partial charge is 0.393 e.